The lowest BCUT2D eigenvalue weighted by molar-refractivity contribution is -0.183. The molecule has 1 aromatic rings. The molecule has 4 nitrogen and oxygen atoms in total. The molecule has 25 heavy (non-hydrogen) atoms. The number of nitrogens with zero attached hydrogens (tertiary/aromatic N) is 1. The minimum atomic E-state index is -4.11. The summed E-state index contributed by atoms with van der Waals surface area (Å²) in [5.74, 6) is 0.992. The fourth-order valence-electron chi connectivity index (χ4n) is 3.14. The Kier molecular flexibility index (Phi) is 8.56. The van der Waals surface area contributed by atoms with Crippen molar-refractivity contribution in [2.24, 2.45) is 10.9 Å². The Balaban J connectivity index is 0.00000312. The summed E-state index contributed by atoms with van der Waals surface area (Å²) in [6, 6.07) is 1.73. The zero-order valence-electron chi connectivity index (χ0n) is 14.9. The van der Waals surface area contributed by atoms with E-state index in [2.05, 4.69) is 15.6 Å². The fraction of sp³-hybridized carbons (Fsp3) is 0.706. The van der Waals surface area contributed by atoms with Gasteiger partial charge in [0.15, 0.2) is 5.96 Å². The molecule has 1 aliphatic rings. The molecule has 0 aliphatic heterocycles. The normalized spacial score (nSPS) is 21.6. The van der Waals surface area contributed by atoms with E-state index in [1.807, 2.05) is 26.8 Å². The van der Waals surface area contributed by atoms with Crippen LogP contribution in [0.5, 0.6) is 0 Å². The van der Waals surface area contributed by atoms with Crippen molar-refractivity contribution in [2.45, 2.75) is 65.2 Å². The van der Waals surface area contributed by atoms with E-state index in [0.29, 0.717) is 25.5 Å². The van der Waals surface area contributed by atoms with E-state index < -0.39 is 12.1 Å². The van der Waals surface area contributed by atoms with Gasteiger partial charge < -0.3 is 15.1 Å². The second-order valence-corrected chi connectivity index (χ2v) is 6.38. The second kappa shape index (κ2) is 9.68. The summed E-state index contributed by atoms with van der Waals surface area (Å²) in [7, 11) is 0. The molecule has 1 saturated carbocycles. The van der Waals surface area contributed by atoms with Gasteiger partial charge in [-0.3, -0.25) is 0 Å². The van der Waals surface area contributed by atoms with Crippen molar-refractivity contribution in [3.63, 3.8) is 0 Å². The number of alkyl halides is 3. The van der Waals surface area contributed by atoms with E-state index >= 15 is 0 Å². The van der Waals surface area contributed by atoms with Gasteiger partial charge in [-0.15, -0.1) is 24.0 Å². The summed E-state index contributed by atoms with van der Waals surface area (Å²) in [6.07, 6.45) is -2.45. The quantitative estimate of drug-likeness (QED) is 0.379. The van der Waals surface area contributed by atoms with Crippen LogP contribution < -0.4 is 10.6 Å². The van der Waals surface area contributed by atoms with Crippen LogP contribution in [0.1, 0.15) is 49.7 Å². The SMILES string of the molecule is CCNC(=NCc1cc(C)oc1C)NC1CCCC(C(F)(F)F)C1.I. The predicted octanol–water partition coefficient (Wildman–Crippen LogP) is 4.69. The Labute approximate surface area is 164 Å². The molecule has 8 heteroatoms. The first-order valence-electron chi connectivity index (χ1n) is 8.47. The third-order valence-corrected chi connectivity index (χ3v) is 4.37. The van der Waals surface area contributed by atoms with E-state index in [1.54, 1.807) is 0 Å². The molecule has 2 N–H and O–H groups in total. The van der Waals surface area contributed by atoms with Crippen molar-refractivity contribution in [1.82, 2.24) is 10.6 Å². The summed E-state index contributed by atoms with van der Waals surface area (Å²) in [4.78, 5) is 4.49. The number of hydrogen-bond acceptors (Lipinski definition) is 2. The topological polar surface area (TPSA) is 49.6 Å². The molecule has 1 heterocycles. The molecular weight excluding hydrogens is 446 g/mol. The van der Waals surface area contributed by atoms with Gasteiger partial charge in [-0.05, 0) is 46.1 Å². The van der Waals surface area contributed by atoms with Crippen LogP contribution in [0.25, 0.3) is 0 Å². The van der Waals surface area contributed by atoms with Crippen molar-refractivity contribution in [3.05, 3.63) is 23.2 Å². The number of hydrogen-bond donors (Lipinski definition) is 2. The Bertz CT molecular complexity index is 572. The molecule has 0 saturated heterocycles. The van der Waals surface area contributed by atoms with Gasteiger partial charge >= 0.3 is 6.18 Å². The van der Waals surface area contributed by atoms with Crippen LogP contribution in [0.3, 0.4) is 0 Å². The molecule has 2 atom stereocenters. The molecule has 0 bridgehead atoms. The number of aliphatic imine (C=N–C) groups is 1. The van der Waals surface area contributed by atoms with Crippen molar-refractivity contribution in [3.8, 4) is 0 Å². The van der Waals surface area contributed by atoms with Crippen LogP contribution in [-0.4, -0.2) is 24.7 Å². The van der Waals surface area contributed by atoms with Crippen LogP contribution in [0.15, 0.2) is 15.5 Å². The third kappa shape index (κ3) is 6.71. The second-order valence-electron chi connectivity index (χ2n) is 6.38. The standard InChI is InChI=1S/C17H26F3N3O.HI/c1-4-21-16(22-10-13-8-11(2)24-12(13)3)23-15-7-5-6-14(9-15)17(18,19)20;/h8,14-15H,4-7,9-10H2,1-3H3,(H2,21,22,23);1H. The minimum Gasteiger partial charge on any atom is -0.466 e. The lowest BCUT2D eigenvalue weighted by Gasteiger charge is -2.31. The minimum absolute atomic E-state index is 0. The summed E-state index contributed by atoms with van der Waals surface area (Å²) in [6.45, 7) is 6.79. The number of furan rings is 1. The van der Waals surface area contributed by atoms with Gasteiger partial charge in [-0.25, -0.2) is 4.99 Å². The number of halogens is 4. The first-order chi connectivity index (χ1) is 11.3. The average Bonchev–Trinajstić information content (AvgIpc) is 2.82. The Hall–Kier alpha value is -0.930. The van der Waals surface area contributed by atoms with Gasteiger partial charge in [0.2, 0.25) is 0 Å². The van der Waals surface area contributed by atoms with E-state index in [9.17, 15) is 13.2 Å². The van der Waals surface area contributed by atoms with Gasteiger partial charge in [0.1, 0.15) is 11.5 Å². The molecule has 2 unspecified atom stereocenters. The van der Waals surface area contributed by atoms with Gasteiger partial charge in [-0.2, -0.15) is 13.2 Å². The lowest BCUT2D eigenvalue weighted by Crippen LogP contribution is -2.46. The smallest absolute Gasteiger partial charge is 0.391 e. The first kappa shape index (κ1) is 22.1. The first-order valence-corrected chi connectivity index (χ1v) is 8.47. The van der Waals surface area contributed by atoms with Gasteiger partial charge in [0.05, 0.1) is 12.5 Å². The van der Waals surface area contributed by atoms with Crippen molar-refractivity contribution in [2.75, 3.05) is 6.54 Å². The molecule has 144 valence electrons. The summed E-state index contributed by atoms with van der Waals surface area (Å²) < 4.78 is 44.3. The molecule has 2 rings (SSSR count). The number of rotatable bonds is 4. The Morgan fingerprint density at radius 3 is 2.60 bits per heavy atom. The third-order valence-electron chi connectivity index (χ3n) is 4.37. The van der Waals surface area contributed by atoms with Crippen molar-refractivity contribution >= 4 is 29.9 Å². The molecule has 0 spiro atoms. The molecule has 0 amide bonds. The van der Waals surface area contributed by atoms with Crippen LogP contribution >= 0.6 is 24.0 Å². The Morgan fingerprint density at radius 2 is 2.04 bits per heavy atom. The Morgan fingerprint density at radius 1 is 1.32 bits per heavy atom. The van der Waals surface area contributed by atoms with Crippen molar-refractivity contribution < 1.29 is 17.6 Å². The van der Waals surface area contributed by atoms with Gasteiger partial charge in [-0.1, -0.05) is 6.42 Å². The molecule has 0 radical (unpaired) electrons. The molecule has 1 aromatic heterocycles. The molecule has 1 aliphatic carbocycles. The van der Waals surface area contributed by atoms with Crippen LogP contribution in [0.2, 0.25) is 0 Å². The van der Waals surface area contributed by atoms with Crippen LogP contribution in [-0.2, 0) is 6.54 Å². The van der Waals surface area contributed by atoms with E-state index in [1.165, 1.54) is 0 Å². The fourth-order valence-corrected chi connectivity index (χ4v) is 3.14. The molecular formula is C17H27F3IN3O. The van der Waals surface area contributed by atoms with Crippen LogP contribution in [0.4, 0.5) is 13.2 Å². The van der Waals surface area contributed by atoms with E-state index in [4.69, 9.17) is 4.42 Å². The van der Waals surface area contributed by atoms with E-state index in [0.717, 1.165) is 23.5 Å². The summed E-state index contributed by atoms with van der Waals surface area (Å²) in [5.41, 5.74) is 0.988. The van der Waals surface area contributed by atoms with Gasteiger partial charge in [0.25, 0.3) is 0 Å². The molecule has 1 fully saturated rings. The summed E-state index contributed by atoms with van der Waals surface area (Å²) >= 11 is 0. The summed E-state index contributed by atoms with van der Waals surface area (Å²) in [5, 5.41) is 6.27. The van der Waals surface area contributed by atoms with Crippen LogP contribution in [0, 0.1) is 19.8 Å². The highest BCUT2D eigenvalue weighted by molar-refractivity contribution is 14.0. The number of aryl methyl sites for hydroxylation is 2. The largest absolute Gasteiger partial charge is 0.466 e. The van der Waals surface area contributed by atoms with E-state index in [-0.39, 0.29) is 42.9 Å². The predicted molar refractivity (Wildman–Crippen MR) is 103 cm³/mol. The van der Waals surface area contributed by atoms with Crippen molar-refractivity contribution in [1.29, 1.82) is 0 Å². The monoisotopic (exact) mass is 473 g/mol. The maximum absolute atomic E-state index is 12.9. The zero-order chi connectivity index (χ0) is 17.7. The highest BCUT2D eigenvalue weighted by Crippen LogP contribution is 2.37. The lowest BCUT2D eigenvalue weighted by atomic mass is 9.85. The maximum atomic E-state index is 12.9. The number of guanidine groups is 1. The number of nitrogens with one attached hydrogen (secondary N) is 2. The average molecular weight is 473 g/mol. The highest BCUT2D eigenvalue weighted by Gasteiger charge is 2.42. The maximum Gasteiger partial charge on any atom is 0.391 e. The zero-order valence-corrected chi connectivity index (χ0v) is 17.2. The molecule has 0 aromatic carbocycles. The highest BCUT2D eigenvalue weighted by atomic mass is 127. The van der Waals surface area contributed by atoms with Gasteiger partial charge in [0, 0.05) is 18.2 Å².